The molecule has 2 fully saturated rings. The molecule has 3 aliphatic rings. The van der Waals surface area contributed by atoms with Crippen molar-refractivity contribution in [1.29, 1.82) is 0 Å². The molecule has 1 saturated carbocycles. The van der Waals surface area contributed by atoms with E-state index in [4.69, 9.17) is 0 Å². The van der Waals surface area contributed by atoms with E-state index in [1.54, 1.807) is 34.6 Å². The summed E-state index contributed by atoms with van der Waals surface area (Å²) >= 11 is 0. The number of anilines is 1. The van der Waals surface area contributed by atoms with Crippen molar-refractivity contribution in [3.05, 3.63) is 71.8 Å². The van der Waals surface area contributed by atoms with E-state index in [-0.39, 0.29) is 23.7 Å². The zero-order valence-electron chi connectivity index (χ0n) is 22.4. The number of halogens is 4. The van der Waals surface area contributed by atoms with E-state index in [1.807, 2.05) is 6.92 Å². The maximum absolute atomic E-state index is 14.3. The van der Waals surface area contributed by atoms with Crippen LogP contribution in [-0.4, -0.2) is 42.5 Å². The highest BCUT2D eigenvalue weighted by atomic mass is 32.2. The standard InChI is InChI=1S/C29H27F4N3O5S.H2/c1-2-20-5-4-16-36(20)42(38,39)21-11-8-18(9-12-21)23-6-3-7-25(34-23)35-26(37)27(14-15-27)19-10-13-24-22(17-19)28(30,31)41-29(32,33)40-24;/h3,6-13,17,20H,2,4-5,14-16H2,1H3,(H,34,35,37);1H/t20-;/m0./s1. The second kappa shape index (κ2) is 10.0. The highest BCUT2D eigenvalue weighted by Gasteiger charge is 2.57. The molecule has 0 spiro atoms. The van der Waals surface area contributed by atoms with Crippen molar-refractivity contribution in [3.8, 4) is 17.0 Å². The van der Waals surface area contributed by atoms with Gasteiger partial charge in [0, 0.05) is 19.6 Å². The number of carbonyl (C=O) groups is 1. The molecule has 2 aromatic carbocycles. The van der Waals surface area contributed by atoms with E-state index in [9.17, 15) is 30.8 Å². The molecule has 3 heterocycles. The molecule has 0 unspecified atom stereocenters. The van der Waals surface area contributed by atoms with Crippen LogP contribution in [0.15, 0.2) is 65.6 Å². The molecule has 1 N–H and O–H groups in total. The Hall–Kier alpha value is -3.55. The van der Waals surface area contributed by atoms with E-state index in [0.717, 1.165) is 31.4 Å². The summed E-state index contributed by atoms with van der Waals surface area (Å²) < 4.78 is 91.0. The Kier molecular flexibility index (Phi) is 6.82. The molecule has 1 amide bonds. The summed E-state index contributed by atoms with van der Waals surface area (Å²) in [7, 11) is -3.62. The van der Waals surface area contributed by atoms with Crippen LogP contribution in [0.3, 0.4) is 0 Å². The van der Waals surface area contributed by atoms with Gasteiger partial charge in [-0.05, 0) is 74.1 Å². The molecule has 3 aromatic rings. The van der Waals surface area contributed by atoms with Gasteiger partial charge in [0.2, 0.25) is 15.9 Å². The number of rotatable bonds is 7. The van der Waals surface area contributed by atoms with Crippen LogP contribution >= 0.6 is 0 Å². The van der Waals surface area contributed by atoms with Gasteiger partial charge in [0.05, 0.1) is 21.6 Å². The lowest BCUT2D eigenvalue weighted by Crippen LogP contribution is -2.41. The second-order valence-corrected chi connectivity index (χ2v) is 12.6. The molecule has 1 aliphatic carbocycles. The minimum absolute atomic E-state index is 0. The van der Waals surface area contributed by atoms with E-state index in [2.05, 4.69) is 19.8 Å². The van der Waals surface area contributed by atoms with Gasteiger partial charge in [0.1, 0.15) is 11.6 Å². The molecule has 13 heteroatoms. The van der Waals surface area contributed by atoms with Crippen molar-refractivity contribution in [2.24, 2.45) is 0 Å². The predicted octanol–water partition coefficient (Wildman–Crippen LogP) is 6.24. The van der Waals surface area contributed by atoms with Crippen molar-refractivity contribution in [2.45, 2.75) is 67.8 Å². The molecule has 42 heavy (non-hydrogen) atoms. The monoisotopic (exact) mass is 607 g/mol. The van der Waals surface area contributed by atoms with Crippen molar-refractivity contribution in [2.75, 3.05) is 11.9 Å². The van der Waals surface area contributed by atoms with Crippen LogP contribution in [0.1, 0.15) is 51.6 Å². The predicted molar refractivity (Wildman–Crippen MR) is 146 cm³/mol. The number of aromatic nitrogens is 1. The molecule has 1 saturated heterocycles. The summed E-state index contributed by atoms with van der Waals surface area (Å²) in [4.78, 5) is 18.0. The third kappa shape index (κ3) is 5.03. The molecule has 0 radical (unpaired) electrons. The lowest BCUT2D eigenvalue weighted by Gasteiger charge is -2.31. The van der Waals surface area contributed by atoms with Gasteiger partial charge in [-0.25, -0.2) is 18.1 Å². The van der Waals surface area contributed by atoms with Crippen molar-refractivity contribution >= 4 is 21.7 Å². The zero-order valence-corrected chi connectivity index (χ0v) is 23.3. The molecule has 0 bridgehead atoms. The molecular weight excluding hydrogens is 578 g/mol. The fraction of sp³-hybridized carbons (Fsp3) is 0.379. The van der Waals surface area contributed by atoms with Crippen LogP contribution in [-0.2, 0) is 31.1 Å². The Balaban J connectivity index is 0.00000368. The number of amides is 1. The normalized spacial score (nSPS) is 22.2. The number of alkyl halides is 4. The van der Waals surface area contributed by atoms with Gasteiger partial charge in [-0.1, -0.05) is 31.2 Å². The smallest absolute Gasteiger partial charge is 0.409 e. The molecule has 6 rings (SSSR count). The third-order valence-electron chi connectivity index (χ3n) is 8.05. The van der Waals surface area contributed by atoms with E-state index in [0.29, 0.717) is 30.6 Å². The quantitative estimate of drug-likeness (QED) is 0.320. The van der Waals surface area contributed by atoms with Crippen LogP contribution in [0, 0.1) is 0 Å². The van der Waals surface area contributed by atoms with E-state index < -0.39 is 45.1 Å². The maximum atomic E-state index is 14.3. The fourth-order valence-corrected chi connectivity index (χ4v) is 7.40. The summed E-state index contributed by atoms with van der Waals surface area (Å²) in [5.74, 6) is -1.01. The van der Waals surface area contributed by atoms with Gasteiger partial charge >= 0.3 is 12.4 Å². The minimum atomic E-state index is -4.48. The summed E-state index contributed by atoms with van der Waals surface area (Å²) in [5, 5.41) is 2.73. The van der Waals surface area contributed by atoms with Crippen molar-refractivity contribution < 1.29 is 41.7 Å². The van der Waals surface area contributed by atoms with Gasteiger partial charge in [-0.2, -0.15) is 13.1 Å². The molecule has 1 aromatic heterocycles. The molecular formula is C29H29F4N3O5S. The number of fused-ring (bicyclic) bond motifs is 1. The average molecular weight is 608 g/mol. The van der Waals surface area contributed by atoms with Crippen LogP contribution in [0.25, 0.3) is 11.3 Å². The topological polar surface area (TPSA) is 97.8 Å². The second-order valence-electron chi connectivity index (χ2n) is 10.7. The number of nitrogens with zero attached hydrogens (tertiary/aromatic N) is 2. The Morgan fingerprint density at radius 2 is 1.83 bits per heavy atom. The Bertz CT molecular complexity index is 1650. The highest BCUT2D eigenvalue weighted by Crippen LogP contribution is 2.53. The summed E-state index contributed by atoms with van der Waals surface area (Å²) in [6.45, 7) is 2.47. The number of ether oxygens (including phenoxy) is 2. The fourth-order valence-electron chi connectivity index (χ4n) is 5.64. The van der Waals surface area contributed by atoms with Crippen molar-refractivity contribution in [1.82, 2.24) is 9.29 Å². The Morgan fingerprint density at radius 3 is 2.52 bits per heavy atom. The Morgan fingerprint density at radius 1 is 1.10 bits per heavy atom. The van der Waals surface area contributed by atoms with Gasteiger partial charge < -0.3 is 10.1 Å². The molecule has 224 valence electrons. The average Bonchev–Trinajstić information content (AvgIpc) is 3.61. The zero-order chi connectivity index (χ0) is 29.9. The van der Waals surface area contributed by atoms with Crippen LogP contribution in [0.5, 0.6) is 5.75 Å². The number of benzene rings is 2. The molecule has 8 nitrogen and oxygen atoms in total. The number of sulfonamides is 1. The molecule has 2 aliphatic heterocycles. The molecule has 1 atom stereocenters. The first-order chi connectivity index (χ1) is 19.8. The lowest BCUT2D eigenvalue weighted by molar-refractivity contribution is -0.461. The van der Waals surface area contributed by atoms with Crippen LogP contribution < -0.4 is 10.1 Å². The van der Waals surface area contributed by atoms with Gasteiger partial charge in [-0.15, -0.1) is 8.78 Å². The summed E-state index contributed by atoms with van der Waals surface area (Å²) in [5.41, 5.74) is -0.700. The van der Waals surface area contributed by atoms with Gasteiger partial charge in [-0.3, -0.25) is 4.79 Å². The van der Waals surface area contributed by atoms with Crippen LogP contribution in [0.2, 0.25) is 0 Å². The van der Waals surface area contributed by atoms with E-state index >= 15 is 0 Å². The Labute approximate surface area is 241 Å². The van der Waals surface area contributed by atoms with Gasteiger partial charge in [0.25, 0.3) is 0 Å². The first-order valence-electron chi connectivity index (χ1n) is 13.6. The lowest BCUT2D eigenvalue weighted by atomic mass is 9.92. The summed E-state index contributed by atoms with van der Waals surface area (Å²) in [6.07, 6.45) is -5.65. The highest BCUT2D eigenvalue weighted by molar-refractivity contribution is 7.89. The van der Waals surface area contributed by atoms with Gasteiger partial charge in [0.15, 0.2) is 0 Å². The minimum Gasteiger partial charge on any atom is -0.409 e. The van der Waals surface area contributed by atoms with Crippen molar-refractivity contribution in [3.63, 3.8) is 0 Å². The maximum Gasteiger partial charge on any atom is 0.540 e. The SMILES string of the molecule is CC[C@H]1CCCN1S(=O)(=O)c1ccc(-c2cccc(NC(=O)C3(c4ccc5c(c4)C(F)(F)OC(F)(F)O5)CC3)n2)cc1.[HH]. The number of hydrogen-bond acceptors (Lipinski definition) is 6. The largest absolute Gasteiger partial charge is 0.540 e. The third-order valence-corrected chi connectivity index (χ3v) is 10.0. The summed E-state index contributed by atoms with van der Waals surface area (Å²) in [6, 6.07) is 14.6. The van der Waals surface area contributed by atoms with E-state index in [1.165, 1.54) is 18.2 Å². The van der Waals surface area contributed by atoms with Crippen LogP contribution in [0.4, 0.5) is 23.4 Å². The first-order valence-corrected chi connectivity index (χ1v) is 15.0. The number of carbonyl (C=O) groups excluding carboxylic acids is 1. The first kappa shape index (κ1) is 28.6. The number of hydrogen-bond donors (Lipinski definition) is 1. The number of pyridine rings is 1. The number of nitrogens with one attached hydrogen (secondary N) is 1.